The third-order valence-corrected chi connectivity index (χ3v) is 2.49. The van der Waals surface area contributed by atoms with E-state index in [-0.39, 0.29) is 5.75 Å². The van der Waals surface area contributed by atoms with Crippen LogP contribution in [0.5, 0.6) is 5.75 Å². The van der Waals surface area contributed by atoms with Gasteiger partial charge in [-0.15, -0.1) is 0 Å². The second kappa shape index (κ2) is 4.24. The minimum Gasteiger partial charge on any atom is -0.508 e. The number of nitrogen functional groups attached to an aromatic ring is 1. The van der Waals surface area contributed by atoms with Crippen LogP contribution in [0.25, 0.3) is 0 Å². The van der Waals surface area contributed by atoms with E-state index in [2.05, 4.69) is 5.10 Å². The van der Waals surface area contributed by atoms with Crippen molar-refractivity contribution in [1.29, 1.82) is 0 Å². The first kappa shape index (κ1) is 10.5. The number of benzene rings is 1. The Balaban J connectivity index is 2.27. The number of phenolic OH excluding ortho intramolecular Hbond substituents is 1. The van der Waals surface area contributed by atoms with Crippen LogP contribution in [0.1, 0.15) is 11.1 Å². The van der Waals surface area contributed by atoms with Crippen LogP contribution in [-0.4, -0.2) is 14.9 Å². The lowest BCUT2D eigenvalue weighted by Crippen LogP contribution is -2.08. The molecule has 0 spiro atoms. The second-order valence-electron chi connectivity index (χ2n) is 3.55. The van der Waals surface area contributed by atoms with Gasteiger partial charge in [0.25, 0.3) is 0 Å². The van der Waals surface area contributed by atoms with Gasteiger partial charge in [-0.2, -0.15) is 5.10 Å². The Kier molecular flexibility index (Phi) is 2.78. The van der Waals surface area contributed by atoms with Gasteiger partial charge in [-0.1, -0.05) is 18.2 Å². The predicted octanol–water partition coefficient (Wildman–Crippen LogP) is 0.678. The maximum Gasteiger partial charge on any atom is 0.126 e. The Morgan fingerprint density at radius 2 is 2.00 bits per heavy atom. The van der Waals surface area contributed by atoms with Gasteiger partial charge in [-0.25, -0.2) is 4.68 Å². The summed E-state index contributed by atoms with van der Waals surface area (Å²) in [5.74, 6) is 0.789. The highest BCUT2D eigenvalue weighted by atomic mass is 16.3. The van der Waals surface area contributed by atoms with Gasteiger partial charge in [0.1, 0.15) is 11.6 Å². The summed E-state index contributed by atoms with van der Waals surface area (Å²) in [6, 6.07) is 7.10. The molecule has 0 aliphatic heterocycles. The average molecular weight is 218 g/mol. The summed E-state index contributed by atoms with van der Waals surface area (Å²) in [5.41, 5.74) is 12.9. The fraction of sp³-hybridized carbons (Fsp3) is 0.182. The summed E-state index contributed by atoms with van der Waals surface area (Å²) < 4.78 is 1.62. The Labute approximate surface area is 93.3 Å². The van der Waals surface area contributed by atoms with Crippen molar-refractivity contribution in [3.05, 3.63) is 41.6 Å². The molecule has 1 aromatic carbocycles. The van der Waals surface area contributed by atoms with E-state index in [1.54, 1.807) is 23.0 Å². The molecule has 0 fully saturated rings. The third-order valence-electron chi connectivity index (χ3n) is 2.49. The molecular formula is C11H14N4O. The molecule has 5 heteroatoms. The molecule has 5 nitrogen and oxygen atoms in total. The zero-order valence-corrected chi connectivity index (χ0v) is 8.80. The molecule has 0 amide bonds. The first-order chi connectivity index (χ1) is 7.72. The Bertz CT molecular complexity index is 492. The van der Waals surface area contributed by atoms with Gasteiger partial charge in [0.05, 0.1) is 12.7 Å². The SMILES string of the molecule is NCc1cnn(Cc2ccccc2O)c1N. The van der Waals surface area contributed by atoms with Crippen LogP contribution in [0.2, 0.25) is 0 Å². The van der Waals surface area contributed by atoms with Crippen molar-refractivity contribution in [2.75, 3.05) is 5.73 Å². The largest absolute Gasteiger partial charge is 0.508 e. The van der Waals surface area contributed by atoms with Crippen LogP contribution in [0.3, 0.4) is 0 Å². The highest BCUT2D eigenvalue weighted by molar-refractivity contribution is 5.40. The molecule has 1 heterocycles. The molecule has 0 atom stereocenters. The van der Waals surface area contributed by atoms with Crippen LogP contribution in [-0.2, 0) is 13.1 Å². The quantitative estimate of drug-likeness (QED) is 0.706. The number of nitrogens with two attached hydrogens (primary N) is 2. The van der Waals surface area contributed by atoms with Gasteiger partial charge >= 0.3 is 0 Å². The van der Waals surface area contributed by atoms with Crippen molar-refractivity contribution in [3.63, 3.8) is 0 Å². The maximum absolute atomic E-state index is 9.62. The minimum atomic E-state index is 0.242. The van der Waals surface area contributed by atoms with Crippen LogP contribution in [0.4, 0.5) is 5.82 Å². The van der Waals surface area contributed by atoms with Gasteiger partial charge in [0.2, 0.25) is 0 Å². The lowest BCUT2D eigenvalue weighted by atomic mass is 10.2. The molecule has 0 saturated heterocycles. The molecule has 16 heavy (non-hydrogen) atoms. The van der Waals surface area contributed by atoms with Crippen molar-refractivity contribution in [2.24, 2.45) is 5.73 Å². The molecule has 2 rings (SSSR count). The van der Waals surface area contributed by atoms with E-state index in [0.717, 1.165) is 11.1 Å². The van der Waals surface area contributed by atoms with E-state index in [0.29, 0.717) is 18.9 Å². The van der Waals surface area contributed by atoms with Crippen molar-refractivity contribution in [1.82, 2.24) is 9.78 Å². The molecule has 0 aliphatic carbocycles. The number of nitrogens with zero attached hydrogens (tertiary/aromatic N) is 2. The third kappa shape index (κ3) is 1.85. The van der Waals surface area contributed by atoms with Crippen molar-refractivity contribution in [2.45, 2.75) is 13.1 Å². The van der Waals surface area contributed by atoms with E-state index >= 15 is 0 Å². The smallest absolute Gasteiger partial charge is 0.126 e. The fourth-order valence-electron chi connectivity index (χ4n) is 1.52. The van der Waals surface area contributed by atoms with Crippen LogP contribution in [0, 0.1) is 0 Å². The lowest BCUT2D eigenvalue weighted by Gasteiger charge is -2.06. The number of para-hydroxylation sites is 1. The van der Waals surface area contributed by atoms with Gasteiger partial charge in [0.15, 0.2) is 0 Å². The molecule has 84 valence electrons. The van der Waals surface area contributed by atoms with E-state index in [9.17, 15) is 5.11 Å². The summed E-state index contributed by atoms with van der Waals surface area (Å²) in [6.45, 7) is 0.811. The first-order valence-corrected chi connectivity index (χ1v) is 4.99. The molecule has 2 aromatic rings. The molecule has 0 bridgehead atoms. The topological polar surface area (TPSA) is 90.1 Å². The summed E-state index contributed by atoms with van der Waals surface area (Å²) in [6.07, 6.45) is 1.65. The van der Waals surface area contributed by atoms with Crippen molar-refractivity contribution < 1.29 is 5.11 Å². The predicted molar refractivity (Wildman–Crippen MR) is 61.7 cm³/mol. The van der Waals surface area contributed by atoms with Crippen molar-refractivity contribution >= 4 is 5.82 Å². The summed E-state index contributed by atoms with van der Waals surface area (Å²) in [7, 11) is 0. The Morgan fingerprint density at radius 1 is 1.25 bits per heavy atom. The number of rotatable bonds is 3. The summed E-state index contributed by atoms with van der Waals surface area (Å²) >= 11 is 0. The molecular weight excluding hydrogens is 204 g/mol. The van der Waals surface area contributed by atoms with Crippen LogP contribution in [0.15, 0.2) is 30.5 Å². The lowest BCUT2D eigenvalue weighted by molar-refractivity contribution is 0.464. The highest BCUT2D eigenvalue weighted by Crippen LogP contribution is 2.19. The molecule has 0 aliphatic rings. The number of hydrogen-bond acceptors (Lipinski definition) is 4. The molecule has 0 unspecified atom stereocenters. The number of hydrogen-bond donors (Lipinski definition) is 3. The number of anilines is 1. The molecule has 0 saturated carbocycles. The Morgan fingerprint density at radius 3 is 2.62 bits per heavy atom. The van der Waals surface area contributed by atoms with Crippen molar-refractivity contribution in [3.8, 4) is 5.75 Å². The number of aromatic hydroxyl groups is 1. The van der Waals surface area contributed by atoms with Gasteiger partial charge < -0.3 is 16.6 Å². The molecule has 1 aromatic heterocycles. The fourth-order valence-corrected chi connectivity index (χ4v) is 1.52. The monoisotopic (exact) mass is 218 g/mol. The number of phenols is 1. The molecule has 0 radical (unpaired) electrons. The number of aromatic nitrogens is 2. The zero-order valence-electron chi connectivity index (χ0n) is 8.80. The second-order valence-corrected chi connectivity index (χ2v) is 3.55. The van der Waals surface area contributed by atoms with E-state index in [4.69, 9.17) is 11.5 Å². The minimum absolute atomic E-state index is 0.242. The normalized spacial score (nSPS) is 10.6. The van der Waals surface area contributed by atoms with Crippen LogP contribution < -0.4 is 11.5 Å². The Hall–Kier alpha value is -2.01. The van der Waals surface area contributed by atoms with E-state index in [1.165, 1.54) is 0 Å². The van der Waals surface area contributed by atoms with Gasteiger partial charge in [0, 0.05) is 17.7 Å². The highest BCUT2D eigenvalue weighted by Gasteiger charge is 2.07. The van der Waals surface area contributed by atoms with Crippen LogP contribution >= 0.6 is 0 Å². The summed E-state index contributed by atoms with van der Waals surface area (Å²) in [5, 5.41) is 13.7. The maximum atomic E-state index is 9.62. The first-order valence-electron chi connectivity index (χ1n) is 4.99. The standard InChI is InChI=1S/C11H14N4O/c12-5-9-6-14-15(11(9)13)7-8-3-1-2-4-10(8)16/h1-4,6,16H,5,7,12-13H2. The average Bonchev–Trinajstić information content (AvgIpc) is 2.63. The van der Waals surface area contributed by atoms with Gasteiger partial charge in [-0.05, 0) is 6.07 Å². The van der Waals surface area contributed by atoms with Gasteiger partial charge in [-0.3, -0.25) is 0 Å². The van der Waals surface area contributed by atoms with E-state index in [1.807, 2.05) is 12.1 Å². The molecule has 5 N–H and O–H groups in total. The zero-order chi connectivity index (χ0) is 11.5. The van der Waals surface area contributed by atoms with E-state index < -0.39 is 0 Å². The summed E-state index contributed by atoms with van der Waals surface area (Å²) in [4.78, 5) is 0.